The number of carbonyl (C=O) groups is 2. The Hall–Kier alpha value is -3.54. The number of rotatable bonds is 4. The average Bonchev–Trinajstić information content (AvgIpc) is 3.60. The van der Waals surface area contributed by atoms with Crippen LogP contribution in [0.4, 0.5) is 37.7 Å². The third kappa shape index (κ3) is 7.87. The lowest BCUT2D eigenvalue weighted by Gasteiger charge is -2.18. The zero-order valence-electron chi connectivity index (χ0n) is 26.1. The molecule has 2 aliphatic heterocycles. The van der Waals surface area contributed by atoms with Gasteiger partial charge in [0.1, 0.15) is 5.88 Å². The number of amides is 2. The molecular weight excluding hydrogens is 828 g/mol. The highest BCUT2D eigenvalue weighted by Gasteiger charge is 2.40. The van der Waals surface area contributed by atoms with Crippen LogP contribution in [0.2, 0.25) is 20.1 Å². The van der Waals surface area contributed by atoms with Gasteiger partial charge < -0.3 is 9.47 Å². The first-order valence-corrected chi connectivity index (χ1v) is 18.3. The summed E-state index contributed by atoms with van der Waals surface area (Å²) >= 11 is 25.3. The van der Waals surface area contributed by atoms with Crippen LogP contribution in [0, 0.1) is 0 Å². The molecule has 4 aromatic carbocycles. The van der Waals surface area contributed by atoms with Crippen LogP contribution in [0.25, 0.3) is 0 Å². The first kappa shape index (κ1) is 39.7. The number of sulfone groups is 1. The van der Waals surface area contributed by atoms with Crippen LogP contribution in [0.3, 0.4) is 0 Å². The predicted octanol–water partition coefficient (Wildman–Crippen LogP) is 10.1. The lowest BCUT2D eigenvalue weighted by atomic mass is 10.1. The number of benzene rings is 4. The van der Waals surface area contributed by atoms with Crippen molar-refractivity contribution in [3.8, 4) is 11.5 Å². The van der Waals surface area contributed by atoms with Gasteiger partial charge in [0.15, 0.2) is 21.3 Å². The molecule has 4 aromatic rings. The largest absolute Gasteiger partial charge is 0.494 e. The highest BCUT2D eigenvalue weighted by Crippen LogP contribution is 2.44. The van der Waals surface area contributed by atoms with Crippen LogP contribution in [0.5, 0.6) is 11.5 Å². The van der Waals surface area contributed by atoms with E-state index in [-0.39, 0.29) is 64.9 Å². The van der Waals surface area contributed by atoms with Crippen molar-refractivity contribution in [1.82, 2.24) is 0 Å². The van der Waals surface area contributed by atoms with Crippen LogP contribution in [0.15, 0.2) is 70.5 Å². The average molecular weight is 848 g/mol. The molecule has 8 nitrogen and oxygen atoms in total. The Bertz CT molecular complexity index is 2170. The Labute approximate surface area is 316 Å². The molecule has 0 saturated heterocycles. The number of ether oxygens (including phenoxy) is 2. The second-order valence-electron chi connectivity index (χ2n) is 10.8. The van der Waals surface area contributed by atoms with Crippen molar-refractivity contribution < 1.29 is 53.8 Å². The predicted molar refractivity (Wildman–Crippen MR) is 185 cm³/mol. The first-order valence-electron chi connectivity index (χ1n) is 14.2. The van der Waals surface area contributed by atoms with E-state index in [9.17, 15) is 44.3 Å². The second-order valence-corrected chi connectivity index (χ2v) is 15.3. The highest BCUT2D eigenvalue weighted by molar-refractivity contribution is 8.00. The Balaban J connectivity index is 0.000000202. The molecule has 0 atom stereocenters. The molecule has 52 heavy (non-hydrogen) atoms. The van der Waals surface area contributed by atoms with Crippen molar-refractivity contribution in [2.45, 2.75) is 22.1 Å². The maximum Gasteiger partial charge on any atom is 0.416 e. The fourth-order valence-corrected chi connectivity index (χ4v) is 8.90. The summed E-state index contributed by atoms with van der Waals surface area (Å²) in [7, 11) is -1.25. The number of hydrogen-bond donors (Lipinski definition) is 0. The number of nitrogens with zero attached hydrogens (tertiary/aromatic N) is 2. The molecule has 0 bridgehead atoms. The Kier molecular flexibility index (Phi) is 11.2. The zero-order chi connectivity index (χ0) is 38.5. The molecule has 276 valence electrons. The van der Waals surface area contributed by atoms with Gasteiger partial charge in [-0.3, -0.25) is 19.4 Å². The van der Waals surface area contributed by atoms with Crippen molar-refractivity contribution in [2.24, 2.45) is 0 Å². The summed E-state index contributed by atoms with van der Waals surface area (Å²) in [5.74, 6) is -1.58. The summed E-state index contributed by atoms with van der Waals surface area (Å²) < 4.78 is 112. The molecule has 6 rings (SSSR count). The minimum atomic E-state index is -4.69. The topological polar surface area (TPSA) is 93.2 Å². The molecular formula is C32H20Cl4F6N2O6S2. The summed E-state index contributed by atoms with van der Waals surface area (Å²) in [6.07, 6.45) is -9.17. The van der Waals surface area contributed by atoms with Gasteiger partial charge in [0.2, 0.25) is 0 Å². The number of thioether (sulfide) groups is 1. The molecule has 0 radical (unpaired) electrons. The minimum Gasteiger partial charge on any atom is -0.494 e. The van der Waals surface area contributed by atoms with E-state index < -0.39 is 51.0 Å². The molecule has 0 unspecified atom stereocenters. The van der Waals surface area contributed by atoms with E-state index in [1.807, 2.05) is 0 Å². The summed E-state index contributed by atoms with van der Waals surface area (Å²) in [6, 6.07) is 10.6. The van der Waals surface area contributed by atoms with E-state index >= 15 is 0 Å². The fraction of sp³-hybridized carbons (Fsp3) is 0.188. The number of hydrogen-bond acceptors (Lipinski definition) is 7. The third-order valence-corrected chi connectivity index (χ3v) is 11.3. The lowest BCUT2D eigenvalue weighted by Crippen LogP contribution is -2.30. The first-order chi connectivity index (χ1) is 24.2. The van der Waals surface area contributed by atoms with Crippen LogP contribution >= 0.6 is 58.2 Å². The zero-order valence-corrected chi connectivity index (χ0v) is 30.8. The van der Waals surface area contributed by atoms with Crippen molar-refractivity contribution in [2.75, 3.05) is 35.8 Å². The third-order valence-electron chi connectivity index (χ3n) is 7.53. The van der Waals surface area contributed by atoms with Gasteiger partial charge in [0.05, 0.1) is 67.6 Å². The molecule has 20 heteroatoms. The van der Waals surface area contributed by atoms with Crippen LogP contribution < -0.4 is 19.3 Å². The van der Waals surface area contributed by atoms with Crippen molar-refractivity contribution >= 4 is 91.2 Å². The van der Waals surface area contributed by atoms with Gasteiger partial charge in [-0.25, -0.2) is 8.42 Å². The number of carbonyl (C=O) groups excluding carboxylic acids is 2. The van der Waals surface area contributed by atoms with Gasteiger partial charge in [-0.2, -0.15) is 26.3 Å². The summed E-state index contributed by atoms with van der Waals surface area (Å²) in [6.45, 7) is 0. The van der Waals surface area contributed by atoms with E-state index in [1.54, 1.807) is 0 Å². The van der Waals surface area contributed by atoms with E-state index in [0.29, 0.717) is 17.0 Å². The molecule has 2 heterocycles. The maximum absolute atomic E-state index is 13.0. The van der Waals surface area contributed by atoms with Gasteiger partial charge in [-0.15, -0.1) is 11.8 Å². The molecule has 0 saturated carbocycles. The minimum absolute atomic E-state index is 0.000306. The Morgan fingerprint density at radius 1 is 0.673 bits per heavy atom. The van der Waals surface area contributed by atoms with Crippen molar-refractivity contribution in [3.05, 3.63) is 103 Å². The number of halogens is 10. The van der Waals surface area contributed by atoms with E-state index in [2.05, 4.69) is 0 Å². The number of alkyl halides is 6. The molecule has 2 amide bonds. The number of methoxy groups -OCH3 is 2. The Morgan fingerprint density at radius 3 is 1.54 bits per heavy atom. The smallest absolute Gasteiger partial charge is 0.416 e. The summed E-state index contributed by atoms with van der Waals surface area (Å²) in [4.78, 5) is 27.8. The fourth-order valence-electron chi connectivity index (χ4n) is 5.11. The molecule has 2 aliphatic rings. The second kappa shape index (κ2) is 14.7. The summed E-state index contributed by atoms with van der Waals surface area (Å²) in [5, 5.41) is 0.295. The molecule has 0 aromatic heterocycles. The highest BCUT2D eigenvalue weighted by atomic mass is 35.5. The number of fused-ring (bicyclic) bond motifs is 2. The van der Waals surface area contributed by atoms with Gasteiger partial charge in [-0.05, 0) is 60.7 Å². The van der Waals surface area contributed by atoms with Gasteiger partial charge in [-0.1, -0.05) is 46.4 Å². The lowest BCUT2D eigenvalue weighted by molar-refractivity contribution is -0.138. The maximum atomic E-state index is 13.0. The van der Waals surface area contributed by atoms with Gasteiger partial charge in [0.25, 0.3) is 11.8 Å². The van der Waals surface area contributed by atoms with E-state index in [1.165, 1.54) is 61.2 Å². The van der Waals surface area contributed by atoms with Crippen LogP contribution in [0.1, 0.15) is 31.8 Å². The van der Waals surface area contributed by atoms with Crippen molar-refractivity contribution in [1.29, 1.82) is 0 Å². The SMILES string of the molecule is COc1c(Cl)cc(C(=O)N2CS(=O)(=O)c3ccc(C(F)(F)F)cc32)cc1Cl.COc1c(Cl)cc(C(=O)N2CSc3ccc(C(F)(F)F)cc32)cc1Cl. The summed E-state index contributed by atoms with van der Waals surface area (Å²) in [5.41, 5.74) is -1.93. The van der Waals surface area contributed by atoms with Gasteiger partial charge >= 0.3 is 12.4 Å². The molecule has 0 aliphatic carbocycles. The quantitative estimate of drug-likeness (QED) is 0.189. The number of anilines is 2. The van der Waals surface area contributed by atoms with Gasteiger partial charge in [0, 0.05) is 16.0 Å². The molecule has 0 spiro atoms. The van der Waals surface area contributed by atoms with Crippen LogP contribution in [-0.4, -0.2) is 46.2 Å². The molecule has 0 fully saturated rings. The molecule has 0 N–H and O–H groups in total. The normalized spacial score (nSPS) is 14.7. The van der Waals surface area contributed by atoms with E-state index in [4.69, 9.17) is 55.9 Å². The van der Waals surface area contributed by atoms with E-state index in [0.717, 1.165) is 23.1 Å². The monoisotopic (exact) mass is 846 g/mol. The Morgan fingerprint density at radius 2 is 1.10 bits per heavy atom. The standard InChI is InChI=1S/C16H10Cl2F3NO4S.C16H10Cl2F3NO2S/c1-26-14-10(17)4-8(5-11(14)18)15(23)22-7-27(24,25)13-3-2-9(6-12(13)22)16(19,20)21;1-24-14-10(17)4-8(5-11(14)18)15(23)22-7-25-13-3-2-9(6-12(13)22)16(19,20)21/h2-6H,7H2,1H3;2-6H,7H2,1H3. The van der Waals surface area contributed by atoms with Crippen LogP contribution in [-0.2, 0) is 22.2 Å². The van der Waals surface area contributed by atoms with Crippen molar-refractivity contribution in [3.63, 3.8) is 0 Å².